The molecule has 0 aromatic carbocycles. The number of unbranched alkanes of at least 4 members (excludes halogenated alkanes) is 14. The van der Waals surface area contributed by atoms with Crippen LogP contribution in [0, 0.1) is 17.8 Å². The summed E-state index contributed by atoms with van der Waals surface area (Å²) in [6.45, 7) is 0.339. The molecule has 2 aliphatic heterocycles. The number of carbonyl (C=O) groups is 7. The Morgan fingerprint density at radius 3 is 1.38 bits per heavy atom. The average molecular weight is 900 g/mol. The standard InChI is InChI=1S/C38H61NO11S6/c40-29(17-13-11-9-7-5-3-1-2-4-6-8-10-12-14-19-33(43)44)25-27(34(45)46)20-22-30(41)26-28(35(47)48)21-23-32(42)39-24-16-15-18-31(36(49)50)37-51-53-38(54-52-37)55-56-38/h27-28,31,37H,1-26H2,(H,39,42)(H,43,44)(H,45,46)(H,47,48)(H,49,50)/t27-,28-,31+/m1/s1. The highest BCUT2D eigenvalue weighted by atomic mass is 33.2. The van der Waals surface area contributed by atoms with Gasteiger partial charge in [0.1, 0.15) is 11.6 Å². The second-order valence-corrected chi connectivity index (χ2v) is 24.2. The van der Waals surface area contributed by atoms with E-state index in [-0.39, 0.29) is 64.0 Å². The molecule has 2 heterocycles. The van der Waals surface area contributed by atoms with Gasteiger partial charge in [0.05, 0.1) is 22.3 Å². The van der Waals surface area contributed by atoms with Crippen LogP contribution in [0.2, 0.25) is 0 Å². The Balaban J connectivity index is 1.51. The van der Waals surface area contributed by atoms with Crippen LogP contribution in [0.1, 0.15) is 161 Å². The third-order valence-corrected chi connectivity index (χ3v) is 23.7. The van der Waals surface area contributed by atoms with Gasteiger partial charge in [-0.25, -0.2) is 0 Å². The Bertz CT molecular complexity index is 1240. The van der Waals surface area contributed by atoms with Crippen LogP contribution >= 0.6 is 64.8 Å². The largest absolute Gasteiger partial charge is 0.481 e. The number of hydrogen-bond acceptors (Lipinski definition) is 13. The van der Waals surface area contributed by atoms with Crippen LogP contribution in [0.3, 0.4) is 0 Å². The molecular weight excluding hydrogens is 839 g/mol. The highest BCUT2D eigenvalue weighted by molar-refractivity contribution is 9.14. The van der Waals surface area contributed by atoms with E-state index in [1.807, 2.05) is 0 Å². The lowest BCUT2D eigenvalue weighted by molar-refractivity contribution is -0.145. The molecule has 0 unspecified atom stereocenters. The summed E-state index contributed by atoms with van der Waals surface area (Å²) in [5, 5.41) is 40.4. The van der Waals surface area contributed by atoms with Crippen molar-refractivity contribution in [1.82, 2.24) is 5.32 Å². The van der Waals surface area contributed by atoms with Crippen molar-refractivity contribution in [2.45, 2.75) is 168 Å². The van der Waals surface area contributed by atoms with Crippen LogP contribution in [0.15, 0.2) is 0 Å². The Morgan fingerprint density at radius 1 is 0.482 bits per heavy atom. The van der Waals surface area contributed by atoms with E-state index in [9.17, 15) is 48.9 Å². The molecule has 2 aliphatic rings. The van der Waals surface area contributed by atoms with E-state index >= 15 is 0 Å². The monoisotopic (exact) mass is 899 g/mol. The SMILES string of the molecule is O=C(O)CCCCCCCCCCCCCCCCC(=O)C[C@@H](CCC(=O)C[C@@H](CCC(=O)NCCCC[C@@H](C(=O)O)C1SSC2(SS1)SS2)C(=O)O)C(=O)O. The van der Waals surface area contributed by atoms with E-state index in [0.717, 1.165) is 44.9 Å². The second kappa shape index (κ2) is 29.9. The zero-order valence-corrected chi connectivity index (χ0v) is 37.2. The van der Waals surface area contributed by atoms with Gasteiger partial charge in [-0.05, 0) is 60.1 Å². The van der Waals surface area contributed by atoms with Gasteiger partial charge in [-0.1, -0.05) is 127 Å². The van der Waals surface area contributed by atoms with Gasteiger partial charge in [0, 0.05) is 45.1 Å². The molecule has 0 aromatic rings. The van der Waals surface area contributed by atoms with Gasteiger partial charge in [-0.3, -0.25) is 33.6 Å². The zero-order valence-electron chi connectivity index (χ0n) is 32.3. The lowest BCUT2D eigenvalue weighted by Gasteiger charge is -2.27. The van der Waals surface area contributed by atoms with E-state index in [1.54, 1.807) is 64.8 Å². The number of amides is 1. The van der Waals surface area contributed by atoms with Crippen molar-refractivity contribution < 1.29 is 54.0 Å². The first kappa shape index (κ1) is 50.9. The average Bonchev–Trinajstić information content (AvgIpc) is 3.91. The molecule has 0 saturated carbocycles. The van der Waals surface area contributed by atoms with Crippen LogP contribution in [0.4, 0.5) is 0 Å². The predicted octanol–water partition coefficient (Wildman–Crippen LogP) is 10.3. The molecule has 0 radical (unpaired) electrons. The maximum Gasteiger partial charge on any atom is 0.308 e. The van der Waals surface area contributed by atoms with Crippen molar-refractivity contribution in [1.29, 1.82) is 0 Å². The van der Waals surface area contributed by atoms with Gasteiger partial charge in [0.25, 0.3) is 0 Å². The van der Waals surface area contributed by atoms with Crippen LogP contribution in [0.25, 0.3) is 0 Å². The molecule has 0 aromatic heterocycles. The van der Waals surface area contributed by atoms with E-state index in [4.69, 9.17) is 5.11 Å². The van der Waals surface area contributed by atoms with Crippen molar-refractivity contribution in [2.24, 2.45) is 17.8 Å². The second-order valence-electron chi connectivity index (χ2n) is 14.7. The summed E-state index contributed by atoms with van der Waals surface area (Å²) in [4.78, 5) is 83.6. The zero-order chi connectivity index (χ0) is 41.2. The number of ketones is 2. The minimum absolute atomic E-state index is 0.0434. The highest BCUT2D eigenvalue weighted by Crippen LogP contribution is 2.84. The Morgan fingerprint density at radius 2 is 0.929 bits per heavy atom. The lowest BCUT2D eigenvalue weighted by atomic mass is 9.90. The molecule has 56 heavy (non-hydrogen) atoms. The highest BCUT2D eigenvalue weighted by Gasteiger charge is 2.53. The van der Waals surface area contributed by atoms with E-state index in [0.29, 0.717) is 38.6 Å². The fourth-order valence-corrected chi connectivity index (χ4v) is 20.2. The molecule has 12 nitrogen and oxygen atoms in total. The Hall–Kier alpha value is -1.21. The number of hydrogen-bond donors (Lipinski definition) is 5. The van der Waals surface area contributed by atoms with Gasteiger partial charge in [-0.2, -0.15) is 0 Å². The number of carboxylic acid groups (broad SMARTS) is 4. The van der Waals surface area contributed by atoms with Crippen molar-refractivity contribution in [3.63, 3.8) is 0 Å². The topological polar surface area (TPSA) is 212 Å². The summed E-state index contributed by atoms with van der Waals surface area (Å²) in [7, 11) is 10.3. The van der Waals surface area contributed by atoms with Gasteiger partial charge in [0.2, 0.25) is 5.91 Å². The molecule has 1 amide bonds. The number of carboxylic acids is 4. The maximum atomic E-state index is 12.7. The molecule has 3 atom stereocenters. The third-order valence-electron chi connectivity index (χ3n) is 9.85. The molecule has 0 bridgehead atoms. The minimum atomic E-state index is -1.20. The molecule has 5 N–H and O–H groups in total. The number of nitrogens with one attached hydrogen (secondary N) is 1. The first-order valence-electron chi connectivity index (χ1n) is 20.1. The first-order valence-corrected chi connectivity index (χ1v) is 26.7. The van der Waals surface area contributed by atoms with E-state index in [1.165, 1.54) is 38.5 Å². The molecule has 2 fully saturated rings. The molecular formula is C38H61NO11S6. The lowest BCUT2D eigenvalue weighted by Crippen LogP contribution is -2.27. The Labute approximate surface area is 355 Å². The number of Topliss-reactive ketones (excluding diaryl/α,β-unsaturated/α-hetero) is 2. The van der Waals surface area contributed by atoms with Crippen molar-refractivity contribution >= 4 is 106 Å². The van der Waals surface area contributed by atoms with Crippen molar-refractivity contribution in [2.75, 3.05) is 6.54 Å². The molecule has 2 rings (SSSR count). The summed E-state index contributed by atoms with van der Waals surface area (Å²) in [5.74, 6) is -7.38. The Kier molecular flexibility index (Phi) is 27.2. The molecule has 1 spiro atoms. The van der Waals surface area contributed by atoms with Gasteiger partial charge < -0.3 is 25.7 Å². The van der Waals surface area contributed by atoms with Crippen LogP contribution in [0.5, 0.6) is 0 Å². The van der Waals surface area contributed by atoms with Crippen LogP contribution < -0.4 is 5.32 Å². The maximum absolute atomic E-state index is 12.7. The third kappa shape index (κ3) is 24.0. The summed E-state index contributed by atoms with van der Waals surface area (Å²) < 4.78 is 0.0580. The van der Waals surface area contributed by atoms with Gasteiger partial charge >= 0.3 is 23.9 Å². The summed E-state index contributed by atoms with van der Waals surface area (Å²) in [5.41, 5.74) is 0. The fraction of sp³-hybridized carbons (Fsp3) is 0.816. The summed E-state index contributed by atoms with van der Waals surface area (Å²) in [6.07, 6.45) is 16.4. The normalized spacial score (nSPS) is 16.5. The molecule has 0 aliphatic carbocycles. The smallest absolute Gasteiger partial charge is 0.308 e. The molecule has 2 saturated heterocycles. The van der Waals surface area contributed by atoms with Crippen molar-refractivity contribution in [3.05, 3.63) is 0 Å². The van der Waals surface area contributed by atoms with Gasteiger partial charge in [0.15, 0.2) is 2.74 Å². The number of aliphatic carboxylic acids is 4. The van der Waals surface area contributed by atoms with Crippen molar-refractivity contribution in [3.8, 4) is 0 Å². The summed E-state index contributed by atoms with van der Waals surface area (Å²) >= 11 is 0. The van der Waals surface area contributed by atoms with E-state index in [2.05, 4.69) is 5.32 Å². The van der Waals surface area contributed by atoms with E-state index < -0.39 is 47.4 Å². The van der Waals surface area contributed by atoms with Gasteiger partial charge in [-0.15, -0.1) is 0 Å². The predicted molar refractivity (Wildman–Crippen MR) is 232 cm³/mol. The molecule has 320 valence electrons. The summed E-state index contributed by atoms with van der Waals surface area (Å²) in [6, 6.07) is 0. The molecule has 18 heteroatoms. The first-order chi connectivity index (χ1) is 26.8. The van der Waals surface area contributed by atoms with Crippen LogP contribution in [-0.4, -0.2) is 75.6 Å². The number of carbonyl (C=O) groups excluding carboxylic acids is 3. The fourth-order valence-electron chi connectivity index (χ4n) is 6.39. The number of rotatable bonds is 36. The minimum Gasteiger partial charge on any atom is -0.481 e. The van der Waals surface area contributed by atoms with Crippen LogP contribution in [-0.2, 0) is 33.6 Å². The quantitative estimate of drug-likeness (QED) is 0.0225.